The maximum atomic E-state index is 12.8. The topological polar surface area (TPSA) is 71.2 Å². The van der Waals surface area contributed by atoms with Crippen molar-refractivity contribution in [2.75, 3.05) is 0 Å². The van der Waals surface area contributed by atoms with Gasteiger partial charge in [-0.3, -0.25) is 0 Å². The quantitative estimate of drug-likeness (QED) is 0.162. The molecule has 1 heterocycles. The zero-order valence-electron chi connectivity index (χ0n) is 20.9. The summed E-state index contributed by atoms with van der Waals surface area (Å²) in [6.45, 7) is 2.23. The Morgan fingerprint density at radius 3 is 2.22 bits per heavy atom. The van der Waals surface area contributed by atoms with E-state index in [0.29, 0.717) is 23.7 Å². The molecule has 2 aromatic carbocycles. The summed E-state index contributed by atoms with van der Waals surface area (Å²) in [5, 5.41) is 13.8. The van der Waals surface area contributed by atoms with Gasteiger partial charge in [0.05, 0.1) is 11.6 Å². The molecule has 0 saturated carbocycles. The van der Waals surface area contributed by atoms with Crippen LogP contribution in [-0.2, 0) is 19.0 Å². The SMILES string of the molecule is CCCCCCCCCCCc1noc(-c2cccc(C(Cc3ccc(C(F)(F)F)cc3)NO)c2)n1. The van der Waals surface area contributed by atoms with Crippen molar-refractivity contribution in [1.29, 1.82) is 0 Å². The van der Waals surface area contributed by atoms with Gasteiger partial charge in [-0.1, -0.05) is 87.7 Å². The van der Waals surface area contributed by atoms with Crippen LogP contribution in [0, 0.1) is 0 Å². The number of halogens is 3. The number of aromatic nitrogens is 2. The second-order valence-corrected chi connectivity index (χ2v) is 9.30. The fraction of sp³-hybridized carbons (Fsp3) is 0.500. The molecule has 2 N–H and O–H groups in total. The van der Waals surface area contributed by atoms with Crippen LogP contribution in [0.3, 0.4) is 0 Å². The fourth-order valence-corrected chi connectivity index (χ4v) is 4.26. The molecule has 0 saturated heterocycles. The lowest BCUT2D eigenvalue weighted by Crippen LogP contribution is -2.19. The summed E-state index contributed by atoms with van der Waals surface area (Å²) < 4.78 is 43.9. The Bertz CT molecular complexity index is 1040. The lowest BCUT2D eigenvalue weighted by Gasteiger charge is -2.16. The largest absolute Gasteiger partial charge is 0.416 e. The first kappa shape index (κ1) is 27.9. The Hall–Kier alpha value is -2.71. The number of benzene rings is 2. The van der Waals surface area contributed by atoms with Crippen molar-refractivity contribution in [2.45, 2.75) is 89.8 Å². The zero-order valence-corrected chi connectivity index (χ0v) is 20.9. The van der Waals surface area contributed by atoms with Gasteiger partial charge in [-0.05, 0) is 48.2 Å². The van der Waals surface area contributed by atoms with Gasteiger partial charge in [0.2, 0.25) is 0 Å². The van der Waals surface area contributed by atoms with Crippen LogP contribution in [0.15, 0.2) is 53.1 Å². The van der Waals surface area contributed by atoms with Gasteiger partial charge in [-0.25, -0.2) is 0 Å². The van der Waals surface area contributed by atoms with E-state index in [1.54, 1.807) is 0 Å². The normalized spacial score (nSPS) is 12.7. The highest BCUT2D eigenvalue weighted by Crippen LogP contribution is 2.30. The van der Waals surface area contributed by atoms with Crippen molar-refractivity contribution >= 4 is 0 Å². The first-order valence-electron chi connectivity index (χ1n) is 12.9. The van der Waals surface area contributed by atoms with Crippen LogP contribution in [0.25, 0.3) is 11.5 Å². The minimum absolute atomic E-state index is 0.311. The van der Waals surface area contributed by atoms with E-state index in [1.165, 1.54) is 57.1 Å². The molecule has 0 aliphatic rings. The second kappa shape index (κ2) is 14.1. The Morgan fingerprint density at radius 1 is 0.917 bits per heavy atom. The number of alkyl halides is 3. The molecule has 1 aromatic heterocycles. The summed E-state index contributed by atoms with van der Waals surface area (Å²) in [6.07, 6.45) is 7.99. The van der Waals surface area contributed by atoms with Crippen molar-refractivity contribution in [3.63, 3.8) is 0 Å². The van der Waals surface area contributed by atoms with Crippen molar-refractivity contribution in [3.05, 3.63) is 71.0 Å². The Kier molecular flexibility index (Phi) is 10.9. The smallest absolute Gasteiger partial charge is 0.334 e. The van der Waals surface area contributed by atoms with Gasteiger partial charge in [-0.2, -0.15) is 23.6 Å². The van der Waals surface area contributed by atoms with Crippen molar-refractivity contribution in [2.24, 2.45) is 0 Å². The third kappa shape index (κ3) is 8.75. The van der Waals surface area contributed by atoms with Crippen LogP contribution < -0.4 is 5.48 Å². The van der Waals surface area contributed by atoms with E-state index in [9.17, 15) is 18.4 Å². The molecule has 5 nitrogen and oxygen atoms in total. The van der Waals surface area contributed by atoms with Crippen molar-refractivity contribution in [3.8, 4) is 11.5 Å². The number of unbranched alkanes of at least 4 members (excludes halogenated alkanes) is 8. The molecule has 3 rings (SSSR count). The molecule has 1 unspecified atom stereocenters. The highest BCUT2D eigenvalue weighted by Gasteiger charge is 2.30. The van der Waals surface area contributed by atoms with E-state index in [4.69, 9.17) is 4.52 Å². The summed E-state index contributed by atoms with van der Waals surface area (Å²) in [5.41, 5.74) is 3.72. The van der Waals surface area contributed by atoms with Gasteiger partial charge in [0.25, 0.3) is 5.89 Å². The summed E-state index contributed by atoms with van der Waals surface area (Å²) in [5.74, 6) is 1.09. The molecule has 0 fully saturated rings. The third-order valence-corrected chi connectivity index (χ3v) is 6.38. The van der Waals surface area contributed by atoms with Gasteiger partial charge < -0.3 is 9.73 Å². The summed E-state index contributed by atoms with van der Waals surface area (Å²) >= 11 is 0. The van der Waals surface area contributed by atoms with E-state index in [2.05, 4.69) is 22.5 Å². The maximum absolute atomic E-state index is 12.8. The standard InChI is InChI=1S/C28H36F3N3O2/c1-2-3-4-5-6-7-8-9-10-14-26-32-27(36-34-26)23-13-11-12-22(20-23)25(33-35)19-21-15-17-24(18-16-21)28(29,30)31/h11-13,15-18,20,25,33,35H,2-10,14,19H2,1H3. The average molecular weight is 504 g/mol. The lowest BCUT2D eigenvalue weighted by molar-refractivity contribution is -0.137. The molecule has 3 aromatic rings. The van der Waals surface area contributed by atoms with Crippen LogP contribution in [-0.4, -0.2) is 15.3 Å². The molecule has 0 aliphatic carbocycles. The zero-order chi connectivity index (χ0) is 25.8. The van der Waals surface area contributed by atoms with E-state index < -0.39 is 17.8 Å². The minimum Gasteiger partial charge on any atom is -0.334 e. The van der Waals surface area contributed by atoms with E-state index in [0.717, 1.165) is 42.5 Å². The lowest BCUT2D eigenvalue weighted by atomic mass is 9.97. The molecular weight excluding hydrogens is 467 g/mol. The average Bonchev–Trinajstić information content (AvgIpc) is 3.35. The number of aryl methyl sites for hydroxylation is 1. The number of nitrogens with one attached hydrogen (secondary N) is 1. The van der Waals surface area contributed by atoms with Gasteiger partial charge in [-0.15, -0.1) is 0 Å². The Balaban J connectivity index is 1.52. The first-order chi connectivity index (χ1) is 17.4. The summed E-state index contributed by atoms with van der Waals surface area (Å²) in [7, 11) is 0. The van der Waals surface area contributed by atoms with Crippen molar-refractivity contribution < 1.29 is 22.9 Å². The number of hydrogen-bond donors (Lipinski definition) is 2. The van der Waals surface area contributed by atoms with Crippen LogP contribution in [0.1, 0.15) is 93.3 Å². The number of hydrogen-bond acceptors (Lipinski definition) is 5. The van der Waals surface area contributed by atoms with Gasteiger partial charge in [0, 0.05) is 12.0 Å². The van der Waals surface area contributed by atoms with Crippen LogP contribution in [0.5, 0.6) is 0 Å². The van der Waals surface area contributed by atoms with Crippen molar-refractivity contribution in [1.82, 2.24) is 15.6 Å². The molecule has 0 spiro atoms. The molecule has 0 radical (unpaired) electrons. The minimum atomic E-state index is -4.38. The van der Waals surface area contributed by atoms with E-state index in [-0.39, 0.29) is 0 Å². The molecule has 0 aliphatic heterocycles. The molecule has 1 atom stereocenters. The monoisotopic (exact) mass is 503 g/mol. The van der Waals surface area contributed by atoms with Crippen LogP contribution in [0.2, 0.25) is 0 Å². The molecule has 0 amide bonds. The predicted octanol–water partition coefficient (Wildman–Crippen LogP) is 8.09. The highest BCUT2D eigenvalue weighted by molar-refractivity contribution is 5.54. The van der Waals surface area contributed by atoms with Crippen LogP contribution in [0.4, 0.5) is 13.2 Å². The second-order valence-electron chi connectivity index (χ2n) is 9.30. The number of nitrogens with zero attached hydrogens (tertiary/aromatic N) is 2. The number of hydroxylamine groups is 1. The summed E-state index contributed by atoms with van der Waals surface area (Å²) in [4.78, 5) is 4.52. The molecular formula is C28H36F3N3O2. The van der Waals surface area contributed by atoms with Gasteiger partial charge in [0.1, 0.15) is 0 Å². The molecule has 0 bridgehead atoms. The highest BCUT2D eigenvalue weighted by atomic mass is 19.4. The van der Waals surface area contributed by atoms with Gasteiger partial charge in [0.15, 0.2) is 5.82 Å². The van der Waals surface area contributed by atoms with E-state index in [1.807, 2.05) is 24.3 Å². The summed E-state index contributed by atoms with van der Waals surface area (Å²) in [6, 6.07) is 11.8. The number of rotatable bonds is 15. The predicted molar refractivity (Wildman–Crippen MR) is 133 cm³/mol. The first-order valence-corrected chi connectivity index (χ1v) is 12.9. The van der Waals surface area contributed by atoms with Gasteiger partial charge >= 0.3 is 6.18 Å². The molecule has 8 heteroatoms. The van der Waals surface area contributed by atoms with E-state index >= 15 is 0 Å². The van der Waals surface area contributed by atoms with Crippen LogP contribution >= 0.6 is 0 Å². The molecule has 196 valence electrons. The third-order valence-electron chi connectivity index (χ3n) is 6.38. The Morgan fingerprint density at radius 2 is 1.58 bits per heavy atom. The fourth-order valence-electron chi connectivity index (χ4n) is 4.26. The molecule has 36 heavy (non-hydrogen) atoms. The Labute approximate surface area is 211 Å². The maximum Gasteiger partial charge on any atom is 0.416 e.